The average molecular weight is 236 g/mol. The molecule has 3 aliphatic rings. The van der Waals surface area contributed by atoms with Gasteiger partial charge in [0.15, 0.2) is 19.7 Å². The monoisotopic (exact) mass is 236 g/mol. The predicted molar refractivity (Wildman–Crippen MR) is 51.4 cm³/mol. The van der Waals surface area contributed by atoms with E-state index in [2.05, 4.69) is 0 Å². The van der Waals surface area contributed by atoms with Crippen molar-refractivity contribution in [2.24, 2.45) is 10.8 Å². The van der Waals surface area contributed by atoms with Gasteiger partial charge in [0.2, 0.25) is 0 Å². The van der Waals surface area contributed by atoms with E-state index in [4.69, 9.17) is 0 Å². The molecule has 2 aliphatic heterocycles. The maximum absolute atomic E-state index is 11.5. The van der Waals surface area contributed by atoms with Crippen LogP contribution in [0.4, 0.5) is 0 Å². The number of sulfone groups is 2. The molecule has 2 saturated heterocycles. The van der Waals surface area contributed by atoms with Crippen molar-refractivity contribution in [2.75, 3.05) is 23.0 Å². The lowest BCUT2D eigenvalue weighted by molar-refractivity contribution is 0.0255. The number of hydrogen-bond acceptors (Lipinski definition) is 4. The molecule has 0 bridgehead atoms. The fourth-order valence-corrected chi connectivity index (χ4v) is 9.64. The minimum absolute atomic E-state index is 0.110. The van der Waals surface area contributed by atoms with Gasteiger partial charge in [-0.2, -0.15) is 0 Å². The summed E-state index contributed by atoms with van der Waals surface area (Å²) in [6, 6.07) is 0. The Morgan fingerprint density at radius 2 is 0.929 bits per heavy atom. The van der Waals surface area contributed by atoms with Crippen LogP contribution in [0.1, 0.15) is 12.8 Å². The summed E-state index contributed by atoms with van der Waals surface area (Å²) >= 11 is 0. The summed E-state index contributed by atoms with van der Waals surface area (Å²) in [4.78, 5) is 0. The van der Waals surface area contributed by atoms with E-state index in [-0.39, 0.29) is 33.8 Å². The molecule has 6 heteroatoms. The summed E-state index contributed by atoms with van der Waals surface area (Å²) in [5.74, 6) is 0.441. The van der Waals surface area contributed by atoms with Gasteiger partial charge in [-0.1, -0.05) is 0 Å². The molecule has 1 aliphatic carbocycles. The molecular formula is C8H12O4S2. The highest BCUT2D eigenvalue weighted by Gasteiger charge is 2.72. The van der Waals surface area contributed by atoms with Crippen LogP contribution in [-0.2, 0) is 19.7 Å². The molecule has 4 nitrogen and oxygen atoms in total. The molecule has 0 radical (unpaired) electrons. The first-order valence-corrected chi connectivity index (χ1v) is 8.34. The van der Waals surface area contributed by atoms with E-state index in [9.17, 15) is 16.8 Å². The predicted octanol–water partition coefficient (Wildman–Crippen LogP) is -0.390. The van der Waals surface area contributed by atoms with Crippen molar-refractivity contribution >= 4 is 19.7 Å². The molecule has 2 heterocycles. The summed E-state index contributed by atoms with van der Waals surface area (Å²) in [6.07, 6.45) is 1.57. The fourth-order valence-electron chi connectivity index (χ4n) is 3.60. The van der Waals surface area contributed by atoms with Crippen molar-refractivity contribution in [1.29, 1.82) is 0 Å². The van der Waals surface area contributed by atoms with Gasteiger partial charge in [0.05, 0.1) is 23.0 Å². The molecule has 0 aromatic heterocycles. The lowest BCUT2D eigenvalue weighted by atomic mass is 9.53. The van der Waals surface area contributed by atoms with Gasteiger partial charge in [0, 0.05) is 10.8 Å². The highest BCUT2D eigenvalue weighted by Crippen LogP contribution is 2.67. The first-order chi connectivity index (χ1) is 6.29. The minimum Gasteiger partial charge on any atom is -0.229 e. The van der Waals surface area contributed by atoms with E-state index >= 15 is 0 Å². The lowest BCUT2D eigenvalue weighted by Gasteiger charge is -2.48. The van der Waals surface area contributed by atoms with Gasteiger partial charge in [-0.15, -0.1) is 0 Å². The third-order valence-electron chi connectivity index (χ3n) is 4.19. The van der Waals surface area contributed by atoms with Gasteiger partial charge in [0.1, 0.15) is 0 Å². The second kappa shape index (κ2) is 2.04. The Hall–Kier alpha value is -0.100. The van der Waals surface area contributed by atoms with Crippen LogP contribution in [0.15, 0.2) is 0 Å². The van der Waals surface area contributed by atoms with E-state index in [0.29, 0.717) is 0 Å². The largest absolute Gasteiger partial charge is 0.229 e. The Morgan fingerprint density at radius 1 is 0.643 bits per heavy atom. The Morgan fingerprint density at radius 3 is 1.14 bits per heavy atom. The van der Waals surface area contributed by atoms with Crippen molar-refractivity contribution in [1.82, 2.24) is 0 Å². The zero-order chi connectivity index (χ0) is 10.2. The van der Waals surface area contributed by atoms with Crippen molar-refractivity contribution in [2.45, 2.75) is 12.8 Å². The molecule has 0 spiro atoms. The number of hydrogen-bond donors (Lipinski definition) is 0. The Labute approximate surface area is 83.5 Å². The summed E-state index contributed by atoms with van der Waals surface area (Å²) < 4.78 is 46.0. The highest BCUT2D eigenvalue weighted by atomic mass is 32.2. The lowest BCUT2D eigenvalue weighted by Crippen LogP contribution is -2.49. The summed E-state index contributed by atoms with van der Waals surface area (Å²) in [5.41, 5.74) is -0.769. The van der Waals surface area contributed by atoms with Gasteiger partial charge in [-0.05, 0) is 12.8 Å². The number of rotatable bonds is 0. The van der Waals surface area contributed by atoms with Crippen molar-refractivity contribution in [3.63, 3.8) is 0 Å². The third kappa shape index (κ3) is 0.888. The summed E-state index contributed by atoms with van der Waals surface area (Å²) in [7, 11) is -5.95. The van der Waals surface area contributed by atoms with Crippen LogP contribution in [0, 0.1) is 10.8 Å². The van der Waals surface area contributed by atoms with Gasteiger partial charge in [-0.25, -0.2) is 16.8 Å². The van der Waals surface area contributed by atoms with Crippen LogP contribution in [-0.4, -0.2) is 39.8 Å². The Kier molecular flexibility index (Phi) is 1.34. The zero-order valence-corrected chi connectivity index (χ0v) is 9.33. The first kappa shape index (κ1) is 9.15. The maximum atomic E-state index is 11.5. The van der Waals surface area contributed by atoms with E-state index in [1.54, 1.807) is 0 Å². The average Bonchev–Trinajstić information content (AvgIpc) is 2.13. The van der Waals surface area contributed by atoms with E-state index in [1.165, 1.54) is 0 Å². The van der Waals surface area contributed by atoms with E-state index in [1.807, 2.05) is 0 Å². The van der Waals surface area contributed by atoms with Gasteiger partial charge in [0.25, 0.3) is 0 Å². The van der Waals surface area contributed by atoms with E-state index < -0.39 is 19.7 Å². The second-order valence-corrected chi connectivity index (χ2v) is 9.25. The maximum Gasteiger partial charge on any atom is 0.151 e. The quantitative estimate of drug-likeness (QED) is 0.574. The molecule has 0 aromatic rings. The topological polar surface area (TPSA) is 68.3 Å². The molecule has 1 saturated carbocycles. The molecule has 0 amide bonds. The van der Waals surface area contributed by atoms with Crippen LogP contribution < -0.4 is 0 Å². The standard InChI is InChI=1S/C8H12O4S2/c9-13(10)3-7-1-2-8(7,5-13)6-14(11,12)4-7/h1-6H2. The van der Waals surface area contributed by atoms with Gasteiger partial charge in [-0.3, -0.25) is 0 Å². The molecule has 14 heavy (non-hydrogen) atoms. The Bertz CT molecular complexity index is 427. The molecule has 0 unspecified atom stereocenters. The molecule has 3 fully saturated rings. The Balaban J connectivity index is 2.15. The van der Waals surface area contributed by atoms with Crippen molar-refractivity contribution in [3.8, 4) is 0 Å². The van der Waals surface area contributed by atoms with Crippen LogP contribution in [0.5, 0.6) is 0 Å². The second-order valence-electron chi connectivity index (χ2n) is 5.13. The van der Waals surface area contributed by atoms with Gasteiger partial charge >= 0.3 is 0 Å². The smallest absolute Gasteiger partial charge is 0.151 e. The SMILES string of the molecule is O=S1(=O)CC23CCC2(C1)CS(=O)(=O)C3. The van der Waals surface area contributed by atoms with Crippen molar-refractivity contribution in [3.05, 3.63) is 0 Å². The molecule has 0 aromatic carbocycles. The molecule has 0 N–H and O–H groups in total. The molecule has 0 atom stereocenters. The minimum atomic E-state index is -2.97. The summed E-state index contributed by atoms with van der Waals surface area (Å²) in [5, 5.41) is 0. The normalized spacial score (nSPS) is 52.0. The molecule has 80 valence electrons. The molecular weight excluding hydrogens is 224 g/mol. The van der Waals surface area contributed by atoms with Crippen molar-refractivity contribution < 1.29 is 16.8 Å². The highest BCUT2D eigenvalue weighted by molar-refractivity contribution is 7.93. The fraction of sp³-hybridized carbons (Fsp3) is 1.00. The zero-order valence-electron chi connectivity index (χ0n) is 7.69. The third-order valence-corrected chi connectivity index (χ3v) is 8.16. The van der Waals surface area contributed by atoms with Crippen LogP contribution in [0.3, 0.4) is 0 Å². The van der Waals surface area contributed by atoms with Crippen LogP contribution in [0.2, 0.25) is 0 Å². The van der Waals surface area contributed by atoms with Crippen LogP contribution >= 0.6 is 0 Å². The van der Waals surface area contributed by atoms with Gasteiger partial charge < -0.3 is 0 Å². The van der Waals surface area contributed by atoms with Crippen LogP contribution in [0.25, 0.3) is 0 Å². The summed E-state index contributed by atoms with van der Waals surface area (Å²) in [6.45, 7) is 0. The molecule has 3 rings (SSSR count). The van der Waals surface area contributed by atoms with E-state index in [0.717, 1.165) is 12.8 Å². The first-order valence-electron chi connectivity index (χ1n) is 4.69.